The highest BCUT2D eigenvalue weighted by Crippen LogP contribution is 2.24. The van der Waals surface area contributed by atoms with Crippen LogP contribution in [0.3, 0.4) is 0 Å². The summed E-state index contributed by atoms with van der Waals surface area (Å²) in [6, 6.07) is 0. The van der Waals surface area contributed by atoms with Crippen LogP contribution in [-0.2, 0) is 4.74 Å². The van der Waals surface area contributed by atoms with Gasteiger partial charge in [0.25, 0.3) is 0 Å². The normalized spacial score (nSPS) is 39.1. The van der Waals surface area contributed by atoms with Crippen molar-refractivity contribution in [2.75, 3.05) is 6.61 Å². The summed E-state index contributed by atoms with van der Waals surface area (Å²) in [6.07, 6.45) is -6.48. The minimum absolute atomic E-state index is 0.614. The van der Waals surface area contributed by atoms with E-state index in [0.29, 0.717) is 0 Å². The number of aliphatic hydroxyl groups excluding tert-OH is 4. The summed E-state index contributed by atoms with van der Waals surface area (Å²) >= 11 is 0. The molecular weight excluding hydrogens is 194 g/mol. The maximum absolute atomic E-state index is 9.33. The van der Waals surface area contributed by atoms with Gasteiger partial charge in [-0.3, -0.25) is 0 Å². The molecule has 4 N–H and O–H groups in total. The second-order valence-electron chi connectivity index (χ2n) is 2.93. The molecule has 1 heterocycles. The van der Waals surface area contributed by atoms with Crippen LogP contribution in [0.4, 0.5) is 0 Å². The predicted octanol–water partition coefficient (Wildman–Crippen LogP) is -1.90. The van der Waals surface area contributed by atoms with Gasteiger partial charge < -0.3 is 25.2 Å². The molecule has 0 aliphatic carbocycles. The third kappa shape index (κ3) is 1.95. The lowest BCUT2D eigenvalue weighted by molar-refractivity contribution is -0.0802. The first kappa shape index (κ1) is 11.2. The van der Waals surface area contributed by atoms with Gasteiger partial charge in [0.1, 0.15) is 24.4 Å². The first-order valence-electron chi connectivity index (χ1n) is 3.96. The maximum atomic E-state index is 9.33. The zero-order valence-corrected chi connectivity index (χ0v) is 7.13. The Morgan fingerprint density at radius 2 is 2.07 bits per heavy atom. The van der Waals surface area contributed by atoms with E-state index < -0.39 is 37.3 Å². The lowest BCUT2D eigenvalue weighted by Crippen LogP contribution is -2.40. The van der Waals surface area contributed by atoms with E-state index in [2.05, 4.69) is 10.0 Å². The molecule has 1 aliphatic heterocycles. The number of rotatable bonds is 3. The highest BCUT2D eigenvalue weighted by Gasteiger charge is 2.45. The van der Waals surface area contributed by atoms with Crippen LogP contribution in [0, 0.1) is 0 Å². The standard InChI is InChI=1S/C6H11N3O5/c7-9-8-6-4(13)3(12)5(14-6)2(11)1-10/h2-6,10-13H,1H2. The van der Waals surface area contributed by atoms with Crippen LogP contribution in [0.25, 0.3) is 10.4 Å². The van der Waals surface area contributed by atoms with Gasteiger partial charge in [0.15, 0.2) is 6.23 Å². The van der Waals surface area contributed by atoms with E-state index in [1.165, 1.54) is 0 Å². The van der Waals surface area contributed by atoms with Gasteiger partial charge in [-0.15, -0.1) is 0 Å². The van der Waals surface area contributed by atoms with Crippen molar-refractivity contribution in [2.45, 2.75) is 30.6 Å². The zero-order valence-electron chi connectivity index (χ0n) is 7.13. The molecule has 0 aromatic heterocycles. The largest absolute Gasteiger partial charge is 0.394 e. The number of azide groups is 1. The van der Waals surface area contributed by atoms with Crippen molar-refractivity contribution in [3.63, 3.8) is 0 Å². The Kier molecular flexibility index (Phi) is 3.64. The van der Waals surface area contributed by atoms with Crippen molar-refractivity contribution in [2.24, 2.45) is 5.11 Å². The zero-order chi connectivity index (χ0) is 10.7. The van der Waals surface area contributed by atoms with Gasteiger partial charge in [0.2, 0.25) is 0 Å². The second kappa shape index (κ2) is 4.56. The second-order valence-corrected chi connectivity index (χ2v) is 2.93. The molecule has 8 heteroatoms. The Labute approximate surface area is 79.0 Å². The quantitative estimate of drug-likeness (QED) is 0.242. The summed E-state index contributed by atoms with van der Waals surface area (Å²) in [4.78, 5) is 2.41. The van der Waals surface area contributed by atoms with Crippen LogP contribution in [0.1, 0.15) is 0 Å². The van der Waals surface area contributed by atoms with E-state index in [1.807, 2.05) is 0 Å². The summed E-state index contributed by atoms with van der Waals surface area (Å²) < 4.78 is 4.85. The molecule has 1 aliphatic rings. The number of nitrogens with zero attached hydrogens (tertiary/aromatic N) is 3. The molecule has 0 bridgehead atoms. The highest BCUT2D eigenvalue weighted by molar-refractivity contribution is 4.92. The van der Waals surface area contributed by atoms with Gasteiger partial charge in [-0.05, 0) is 5.53 Å². The maximum Gasteiger partial charge on any atom is 0.165 e. The van der Waals surface area contributed by atoms with Crippen molar-refractivity contribution in [1.29, 1.82) is 0 Å². The van der Waals surface area contributed by atoms with Gasteiger partial charge >= 0.3 is 0 Å². The van der Waals surface area contributed by atoms with Crippen LogP contribution in [-0.4, -0.2) is 57.7 Å². The third-order valence-corrected chi connectivity index (χ3v) is 2.01. The summed E-state index contributed by atoms with van der Waals surface area (Å²) in [5.74, 6) is 0. The van der Waals surface area contributed by atoms with Gasteiger partial charge in [0.05, 0.1) is 6.61 Å². The SMILES string of the molecule is [N-]=[N+]=NC1OC(C(O)CO)C(O)C1O. The van der Waals surface area contributed by atoms with E-state index in [4.69, 9.17) is 20.5 Å². The Morgan fingerprint density at radius 1 is 1.43 bits per heavy atom. The Balaban J connectivity index is 2.70. The molecule has 8 nitrogen and oxygen atoms in total. The van der Waals surface area contributed by atoms with Crippen molar-refractivity contribution < 1.29 is 25.2 Å². The summed E-state index contributed by atoms with van der Waals surface area (Å²) in [7, 11) is 0. The van der Waals surface area contributed by atoms with E-state index in [1.54, 1.807) is 0 Å². The third-order valence-electron chi connectivity index (χ3n) is 2.01. The molecule has 1 fully saturated rings. The Morgan fingerprint density at radius 3 is 2.57 bits per heavy atom. The summed E-state index contributed by atoms with van der Waals surface area (Å²) in [5.41, 5.74) is 8.09. The highest BCUT2D eigenvalue weighted by atomic mass is 16.6. The van der Waals surface area contributed by atoms with Crippen molar-refractivity contribution in [1.82, 2.24) is 0 Å². The van der Waals surface area contributed by atoms with Gasteiger partial charge in [0, 0.05) is 4.91 Å². The fourth-order valence-electron chi connectivity index (χ4n) is 1.25. The lowest BCUT2D eigenvalue weighted by atomic mass is 10.1. The summed E-state index contributed by atoms with van der Waals surface area (Å²) in [5, 5.41) is 39.4. The smallest absolute Gasteiger partial charge is 0.165 e. The molecule has 1 saturated heterocycles. The van der Waals surface area contributed by atoms with Gasteiger partial charge in [-0.2, -0.15) is 0 Å². The molecule has 80 valence electrons. The molecule has 14 heavy (non-hydrogen) atoms. The minimum atomic E-state index is -1.39. The molecule has 5 atom stereocenters. The number of aliphatic hydroxyl groups is 4. The monoisotopic (exact) mass is 205 g/mol. The van der Waals surface area contributed by atoms with Crippen LogP contribution in [0.15, 0.2) is 5.11 Å². The molecule has 0 spiro atoms. The lowest BCUT2D eigenvalue weighted by Gasteiger charge is -2.18. The van der Waals surface area contributed by atoms with Crippen molar-refractivity contribution in [3.05, 3.63) is 10.4 Å². The average molecular weight is 205 g/mol. The average Bonchev–Trinajstić information content (AvgIpc) is 2.46. The molecule has 1 rings (SSSR count). The minimum Gasteiger partial charge on any atom is -0.394 e. The molecule has 0 radical (unpaired) electrons. The fraction of sp³-hybridized carbons (Fsp3) is 1.00. The van der Waals surface area contributed by atoms with Crippen molar-refractivity contribution in [3.8, 4) is 0 Å². The molecule has 0 aromatic carbocycles. The van der Waals surface area contributed by atoms with Crippen LogP contribution in [0.5, 0.6) is 0 Å². The molecular formula is C6H11N3O5. The molecule has 0 aromatic rings. The number of ether oxygens (including phenoxy) is 1. The predicted molar refractivity (Wildman–Crippen MR) is 42.9 cm³/mol. The Bertz CT molecular complexity index is 244. The molecule has 0 amide bonds. The van der Waals surface area contributed by atoms with Crippen LogP contribution < -0.4 is 0 Å². The molecule has 5 unspecified atom stereocenters. The van der Waals surface area contributed by atoms with E-state index >= 15 is 0 Å². The van der Waals surface area contributed by atoms with Gasteiger partial charge in [-0.1, -0.05) is 5.11 Å². The van der Waals surface area contributed by atoms with E-state index in [0.717, 1.165) is 0 Å². The number of hydrogen-bond donors (Lipinski definition) is 4. The Hall–Kier alpha value is -0.890. The first-order valence-corrected chi connectivity index (χ1v) is 3.96. The van der Waals surface area contributed by atoms with Gasteiger partial charge in [-0.25, -0.2) is 0 Å². The van der Waals surface area contributed by atoms with Crippen LogP contribution >= 0.6 is 0 Å². The first-order chi connectivity index (χ1) is 6.61. The van der Waals surface area contributed by atoms with Crippen molar-refractivity contribution >= 4 is 0 Å². The topological polar surface area (TPSA) is 139 Å². The fourth-order valence-corrected chi connectivity index (χ4v) is 1.25. The van der Waals surface area contributed by atoms with E-state index in [-0.39, 0.29) is 0 Å². The number of hydrogen-bond acceptors (Lipinski definition) is 6. The summed E-state index contributed by atoms with van der Waals surface area (Å²) in [6.45, 7) is -0.614. The van der Waals surface area contributed by atoms with Crippen LogP contribution in [0.2, 0.25) is 0 Å². The molecule has 0 saturated carbocycles. The van der Waals surface area contributed by atoms with E-state index in [9.17, 15) is 10.2 Å².